The lowest BCUT2D eigenvalue weighted by Crippen LogP contribution is -2.44. The van der Waals surface area contributed by atoms with Gasteiger partial charge in [-0.15, -0.1) is 5.10 Å². The van der Waals surface area contributed by atoms with E-state index >= 15 is 4.39 Å². The van der Waals surface area contributed by atoms with Gasteiger partial charge in [-0.2, -0.15) is 9.67 Å². The highest BCUT2D eigenvalue weighted by Crippen LogP contribution is 2.29. The topological polar surface area (TPSA) is 101 Å². The van der Waals surface area contributed by atoms with Gasteiger partial charge in [0.25, 0.3) is 5.95 Å². The summed E-state index contributed by atoms with van der Waals surface area (Å²) in [5.74, 6) is 0.635. The van der Waals surface area contributed by atoms with Crippen LogP contribution in [0.5, 0.6) is 0 Å². The van der Waals surface area contributed by atoms with Gasteiger partial charge in [-0.05, 0) is 88.2 Å². The molecule has 0 amide bonds. The largest absolute Gasteiger partial charge is 0.369 e. The van der Waals surface area contributed by atoms with Crippen LogP contribution < -0.4 is 16.0 Å². The van der Waals surface area contributed by atoms with Crippen molar-refractivity contribution in [3.8, 4) is 5.95 Å². The molecule has 3 N–H and O–H groups in total. The summed E-state index contributed by atoms with van der Waals surface area (Å²) in [6.45, 7) is 4.20. The summed E-state index contributed by atoms with van der Waals surface area (Å²) in [6, 6.07) is 5.85. The molecule has 6 rings (SSSR count). The maximum Gasteiger partial charge on any atom is 0.254 e. The first kappa shape index (κ1) is 26.3. The van der Waals surface area contributed by atoms with Crippen LogP contribution in [0.25, 0.3) is 5.95 Å². The molecule has 4 heterocycles. The van der Waals surface area contributed by atoms with Crippen LogP contribution in [0.2, 0.25) is 0 Å². The molecule has 0 spiro atoms. The summed E-state index contributed by atoms with van der Waals surface area (Å²) in [5.41, 5.74) is 9.65. The number of rotatable bonds is 5. The summed E-state index contributed by atoms with van der Waals surface area (Å²) in [7, 11) is 0. The van der Waals surface area contributed by atoms with Crippen LogP contribution in [0.1, 0.15) is 70.1 Å². The molecule has 2 aliphatic heterocycles. The van der Waals surface area contributed by atoms with Crippen molar-refractivity contribution in [1.82, 2.24) is 29.6 Å². The van der Waals surface area contributed by atoms with Crippen molar-refractivity contribution in [2.24, 2.45) is 0 Å². The second-order valence-corrected chi connectivity index (χ2v) is 10.5. The molecule has 0 atom stereocenters. The number of fused-ring (bicyclic) bond motifs is 1. The van der Waals surface area contributed by atoms with Crippen LogP contribution in [-0.4, -0.2) is 61.9 Å². The number of hydrogen-bond donors (Lipinski definition) is 2. The molecule has 204 valence electrons. The van der Waals surface area contributed by atoms with Gasteiger partial charge in [0.1, 0.15) is 5.82 Å². The molecule has 0 unspecified atom stereocenters. The van der Waals surface area contributed by atoms with Gasteiger partial charge in [-0.3, -0.25) is 0 Å². The number of nitrogens with zero attached hydrogens (tertiary/aromatic N) is 7. The van der Waals surface area contributed by atoms with E-state index in [-0.39, 0.29) is 25.1 Å². The molecule has 1 aliphatic carbocycles. The first-order chi connectivity index (χ1) is 18.1. The van der Waals surface area contributed by atoms with Gasteiger partial charge in [0.05, 0.1) is 5.69 Å². The van der Waals surface area contributed by atoms with Crippen LogP contribution in [0.4, 0.5) is 27.7 Å². The van der Waals surface area contributed by atoms with Crippen molar-refractivity contribution in [2.45, 2.75) is 77.7 Å². The number of nitrogen functional groups attached to an aromatic ring is 1. The van der Waals surface area contributed by atoms with E-state index in [0.717, 1.165) is 50.9 Å². The zero-order valence-corrected chi connectivity index (χ0v) is 21.4. The van der Waals surface area contributed by atoms with Crippen LogP contribution in [-0.2, 0) is 12.8 Å². The third-order valence-corrected chi connectivity index (χ3v) is 8.04. The SMILES string of the molecule is C.Nc1nc(Nc2ccc(N3CCC(N4CCCC4)CC3)c(F)c2)nn1-c1ncc2c(n1)CCCCCC2. The van der Waals surface area contributed by atoms with E-state index in [2.05, 4.69) is 30.2 Å². The van der Waals surface area contributed by atoms with E-state index < -0.39 is 0 Å². The minimum atomic E-state index is -0.248. The Kier molecular flexibility index (Phi) is 8.06. The highest BCUT2D eigenvalue weighted by molar-refractivity contribution is 5.61. The zero-order chi connectivity index (χ0) is 25.2. The van der Waals surface area contributed by atoms with E-state index in [4.69, 9.17) is 10.7 Å². The van der Waals surface area contributed by atoms with Gasteiger partial charge in [-0.1, -0.05) is 20.3 Å². The highest BCUT2D eigenvalue weighted by Gasteiger charge is 2.27. The summed E-state index contributed by atoms with van der Waals surface area (Å²) in [4.78, 5) is 18.3. The summed E-state index contributed by atoms with van der Waals surface area (Å²) >= 11 is 0. The Labute approximate surface area is 224 Å². The first-order valence-electron chi connectivity index (χ1n) is 13.8. The zero-order valence-electron chi connectivity index (χ0n) is 21.4. The van der Waals surface area contributed by atoms with E-state index in [1.54, 1.807) is 0 Å². The standard InChI is InChI=1S/C27H36FN9.CH4/c28-22-17-20(9-10-24(22)36-15-11-21(12-16-36)35-13-5-6-14-35)31-26-33-25(29)37(34-26)27-30-18-19-7-3-1-2-4-8-23(19)32-27;/h9-10,17-18,21H,1-8,11-16H2,(H3,29,31,33,34);1H4. The van der Waals surface area contributed by atoms with Crippen LogP contribution in [0.15, 0.2) is 24.4 Å². The van der Waals surface area contributed by atoms with E-state index in [1.165, 1.54) is 61.5 Å². The van der Waals surface area contributed by atoms with Crippen molar-refractivity contribution < 1.29 is 4.39 Å². The summed E-state index contributed by atoms with van der Waals surface area (Å²) in [6.07, 6.45) is 13.4. The smallest absolute Gasteiger partial charge is 0.254 e. The molecule has 2 aromatic heterocycles. The molecule has 1 aromatic carbocycles. The molecular formula is C28H40FN9. The Morgan fingerprint density at radius 3 is 2.45 bits per heavy atom. The lowest BCUT2D eigenvalue weighted by molar-refractivity contribution is 0.207. The number of aryl methyl sites for hydroxylation is 2. The molecule has 3 aromatic rings. The predicted octanol–water partition coefficient (Wildman–Crippen LogP) is 4.88. The Morgan fingerprint density at radius 1 is 0.921 bits per heavy atom. The summed E-state index contributed by atoms with van der Waals surface area (Å²) in [5, 5.41) is 7.55. The van der Waals surface area contributed by atoms with E-state index in [0.29, 0.717) is 23.4 Å². The van der Waals surface area contributed by atoms with Crippen molar-refractivity contribution in [1.29, 1.82) is 0 Å². The van der Waals surface area contributed by atoms with E-state index in [9.17, 15) is 0 Å². The summed E-state index contributed by atoms with van der Waals surface area (Å²) < 4.78 is 16.6. The Hall–Kier alpha value is -3.27. The molecule has 0 radical (unpaired) electrons. The maximum absolute atomic E-state index is 15.1. The minimum absolute atomic E-state index is 0. The maximum atomic E-state index is 15.1. The number of piperidine rings is 1. The fraction of sp³-hybridized carbons (Fsp3) is 0.571. The molecule has 3 aliphatic rings. The number of likely N-dealkylation sites (tertiary alicyclic amines) is 1. The second-order valence-electron chi connectivity index (χ2n) is 10.5. The Morgan fingerprint density at radius 2 is 1.68 bits per heavy atom. The number of nitrogens with two attached hydrogens (primary N) is 1. The van der Waals surface area contributed by atoms with Crippen LogP contribution >= 0.6 is 0 Å². The minimum Gasteiger partial charge on any atom is -0.369 e. The molecular weight excluding hydrogens is 481 g/mol. The lowest BCUT2D eigenvalue weighted by Gasteiger charge is -2.37. The normalized spacial score (nSPS) is 18.9. The molecule has 2 saturated heterocycles. The molecule has 2 fully saturated rings. The van der Waals surface area contributed by atoms with Crippen molar-refractivity contribution in [3.05, 3.63) is 41.5 Å². The molecule has 0 saturated carbocycles. The number of benzene rings is 1. The number of nitrogens with one attached hydrogen (secondary N) is 1. The second kappa shape index (κ2) is 11.6. The third kappa shape index (κ3) is 5.60. The van der Waals surface area contributed by atoms with Gasteiger partial charge in [-0.25, -0.2) is 14.4 Å². The average molecular weight is 522 g/mol. The highest BCUT2D eigenvalue weighted by atomic mass is 19.1. The van der Waals surface area contributed by atoms with Gasteiger partial charge in [0.15, 0.2) is 0 Å². The molecule has 10 heteroatoms. The quantitative estimate of drug-likeness (QED) is 0.490. The third-order valence-electron chi connectivity index (χ3n) is 8.04. The predicted molar refractivity (Wildman–Crippen MR) is 150 cm³/mol. The van der Waals surface area contributed by atoms with Gasteiger partial charge in [0.2, 0.25) is 11.9 Å². The molecule has 9 nitrogen and oxygen atoms in total. The number of anilines is 4. The van der Waals surface area contributed by atoms with Crippen molar-refractivity contribution in [2.75, 3.05) is 42.1 Å². The average Bonchev–Trinajstić information content (AvgIpc) is 3.55. The number of hydrogen-bond acceptors (Lipinski definition) is 8. The Bertz CT molecular complexity index is 1230. The van der Waals surface area contributed by atoms with Crippen molar-refractivity contribution in [3.63, 3.8) is 0 Å². The lowest BCUT2D eigenvalue weighted by atomic mass is 9.98. The molecule has 0 bridgehead atoms. The number of halogens is 1. The van der Waals surface area contributed by atoms with Gasteiger partial charge in [0, 0.05) is 36.7 Å². The first-order valence-corrected chi connectivity index (χ1v) is 13.8. The fourth-order valence-corrected chi connectivity index (χ4v) is 5.99. The van der Waals surface area contributed by atoms with Gasteiger partial charge >= 0.3 is 0 Å². The monoisotopic (exact) mass is 521 g/mol. The fourth-order valence-electron chi connectivity index (χ4n) is 5.99. The molecule has 38 heavy (non-hydrogen) atoms. The van der Waals surface area contributed by atoms with Crippen molar-refractivity contribution >= 4 is 23.3 Å². The number of aromatic nitrogens is 5. The van der Waals surface area contributed by atoms with Crippen LogP contribution in [0.3, 0.4) is 0 Å². The van der Waals surface area contributed by atoms with E-state index in [1.807, 2.05) is 18.3 Å². The van der Waals surface area contributed by atoms with Gasteiger partial charge < -0.3 is 20.9 Å². The van der Waals surface area contributed by atoms with Crippen LogP contribution in [0, 0.1) is 5.82 Å². The Balaban J connectivity index is 0.00000294.